The van der Waals surface area contributed by atoms with Crippen molar-refractivity contribution in [2.24, 2.45) is 0 Å². The monoisotopic (exact) mass is 347 g/mol. The van der Waals surface area contributed by atoms with Gasteiger partial charge in [-0.1, -0.05) is 11.3 Å². The molecule has 8 heteroatoms. The maximum atomic E-state index is 12.2. The minimum atomic E-state index is -0.190. The van der Waals surface area contributed by atoms with Crippen LogP contribution < -0.4 is 14.8 Å². The molecule has 0 spiro atoms. The first-order chi connectivity index (χ1) is 11.2. The Hall–Kier alpha value is -2.19. The fourth-order valence-corrected chi connectivity index (χ4v) is 3.88. The summed E-state index contributed by atoms with van der Waals surface area (Å²) in [6, 6.07) is 3.78. The van der Waals surface area contributed by atoms with E-state index in [4.69, 9.17) is 9.47 Å². The molecule has 1 N–H and O–H groups in total. The Balaban J connectivity index is 1.64. The first kappa shape index (κ1) is 14.4. The van der Waals surface area contributed by atoms with Gasteiger partial charge in [-0.05, 0) is 18.5 Å². The number of ether oxygens (including phenoxy) is 2. The molecule has 6 nitrogen and oxygen atoms in total. The molecule has 3 aromatic rings. The van der Waals surface area contributed by atoms with Crippen LogP contribution >= 0.6 is 22.9 Å². The smallest absolute Gasteiger partial charge is 0.260 e. The van der Waals surface area contributed by atoms with E-state index in [0.717, 1.165) is 28.1 Å². The maximum Gasteiger partial charge on any atom is 0.260 e. The Morgan fingerprint density at radius 1 is 1.26 bits per heavy atom. The fourth-order valence-electron chi connectivity index (χ4n) is 2.31. The van der Waals surface area contributed by atoms with E-state index in [9.17, 15) is 4.79 Å². The van der Waals surface area contributed by atoms with Crippen LogP contribution in [0, 0.1) is 6.92 Å². The van der Waals surface area contributed by atoms with Gasteiger partial charge in [-0.2, -0.15) is 4.37 Å². The minimum absolute atomic E-state index is 0.190. The highest BCUT2D eigenvalue weighted by atomic mass is 32.1. The van der Waals surface area contributed by atoms with Gasteiger partial charge < -0.3 is 9.47 Å². The van der Waals surface area contributed by atoms with Crippen molar-refractivity contribution in [3.63, 3.8) is 0 Å². The topological polar surface area (TPSA) is 73.3 Å². The number of nitrogens with one attached hydrogen (secondary N) is 1. The van der Waals surface area contributed by atoms with Gasteiger partial charge in [0.1, 0.15) is 0 Å². The molecule has 0 atom stereocenters. The predicted octanol–water partition coefficient (Wildman–Crippen LogP) is 3.47. The van der Waals surface area contributed by atoms with Crippen LogP contribution in [0.5, 0.6) is 11.5 Å². The van der Waals surface area contributed by atoms with E-state index in [1.165, 1.54) is 22.9 Å². The molecule has 1 aliphatic heterocycles. The summed E-state index contributed by atoms with van der Waals surface area (Å²) in [5.41, 5.74) is 2.09. The number of fused-ring (bicyclic) bond motifs is 2. The van der Waals surface area contributed by atoms with Gasteiger partial charge in [-0.15, -0.1) is 0 Å². The summed E-state index contributed by atoms with van der Waals surface area (Å²) in [5.74, 6) is 1.25. The van der Waals surface area contributed by atoms with Gasteiger partial charge in [-0.3, -0.25) is 10.1 Å². The quantitative estimate of drug-likeness (QED) is 0.768. The Bertz CT molecular complexity index is 844. The second kappa shape index (κ2) is 5.78. The number of anilines is 1. The molecule has 118 valence electrons. The Labute approximate surface area is 140 Å². The van der Waals surface area contributed by atoms with Crippen LogP contribution in [0.3, 0.4) is 0 Å². The van der Waals surface area contributed by atoms with Crippen molar-refractivity contribution in [3.05, 3.63) is 28.8 Å². The van der Waals surface area contributed by atoms with Gasteiger partial charge in [0.15, 0.2) is 16.6 Å². The average Bonchev–Trinajstić information content (AvgIpc) is 3.04. The van der Waals surface area contributed by atoms with E-state index < -0.39 is 0 Å². The van der Waals surface area contributed by atoms with E-state index in [1.807, 2.05) is 19.1 Å². The van der Waals surface area contributed by atoms with Crippen molar-refractivity contribution < 1.29 is 14.3 Å². The van der Waals surface area contributed by atoms with E-state index in [-0.39, 0.29) is 5.91 Å². The molecule has 0 unspecified atom stereocenters. The van der Waals surface area contributed by atoms with Crippen molar-refractivity contribution in [1.29, 1.82) is 0 Å². The van der Waals surface area contributed by atoms with Crippen LogP contribution in [0.2, 0.25) is 0 Å². The molecule has 0 radical (unpaired) electrons. The highest BCUT2D eigenvalue weighted by Crippen LogP contribution is 2.37. The number of hydrogen-bond donors (Lipinski definition) is 1. The van der Waals surface area contributed by atoms with Gasteiger partial charge in [-0.25, -0.2) is 4.98 Å². The minimum Gasteiger partial charge on any atom is -0.490 e. The highest BCUT2D eigenvalue weighted by Gasteiger charge is 2.17. The number of carbonyl (C=O) groups is 1. The second-order valence-electron chi connectivity index (χ2n) is 5.10. The molecule has 0 fully saturated rings. The normalized spacial score (nSPS) is 13.8. The molecular formula is C15H13N3O3S2. The third-order valence-electron chi connectivity index (χ3n) is 3.47. The zero-order valence-corrected chi connectivity index (χ0v) is 13.9. The maximum absolute atomic E-state index is 12.2. The number of rotatable bonds is 2. The van der Waals surface area contributed by atoms with Gasteiger partial charge in [0.25, 0.3) is 5.91 Å². The van der Waals surface area contributed by atoms with E-state index in [0.29, 0.717) is 29.7 Å². The molecule has 0 bridgehead atoms. The lowest BCUT2D eigenvalue weighted by atomic mass is 10.2. The molecule has 4 rings (SSSR count). The van der Waals surface area contributed by atoms with Gasteiger partial charge in [0, 0.05) is 23.9 Å². The Morgan fingerprint density at radius 2 is 2.04 bits per heavy atom. The number of aromatic nitrogens is 2. The summed E-state index contributed by atoms with van der Waals surface area (Å²) >= 11 is 2.68. The van der Waals surface area contributed by atoms with Gasteiger partial charge >= 0.3 is 0 Å². The summed E-state index contributed by atoms with van der Waals surface area (Å²) in [7, 11) is 0. The van der Waals surface area contributed by atoms with Crippen molar-refractivity contribution in [2.45, 2.75) is 13.3 Å². The number of thiazole rings is 1. The van der Waals surface area contributed by atoms with Crippen LogP contribution in [-0.2, 0) is 0 Å². The van der Waals surface area contributed by atoms with Crippen molar-refractivity contribution >= 4 is 44.1 Å². The lowest BCUT2D eigenvalue weighted by Gasteiger charge is -2.05. The Kier molecular flexibility index (Phi) is 3.62. The summed E-state index contributed by atoms with van der Waals surface area (Å²) in [4.78, 5) is 16.7. The van der Waals surface area contributed by atoms with Crippen LogP contribution in [0.25, 0.3) is 10.2 Å². The molecule has 2 aromatic heterocycles. The lowest BCUT2D eigenvalue weighted by molar-refractivity contribution is 0.102. The van der Waals surface area contributed by atoms with Gasteiger partial charge in [0.2, 0.25) is 0 Å². The first-order valence-electron chi connectivity index (χ1n) is 7.13. The number of aryl methyl sites for hydroxylation is 1. The van der Waals surface area contributed by atoms with E-state index in [2.05, 4.69) is 14.7 Å². The largest absolute Gasteiger partial charge is 0.490 e. The summed E-state index contributed by atoms with van der Waals surface area (Å²) < 4.78 is 16.4. The lowest BCUT2D eigenvalue weighted by Crippen LogP contribution is -2.11. The standard InChI is InChI=1S/C15H13N3O3S2/c1-8-9(7-22-18-8)14(19)17-15-16-10-5-11-12(6-13(10)23-15)21-4-2-3-20-11/h5-7H,2-4H2,1H3,(H,16,17,19). The molecule has 0 aliphatic carbocycles. The van der Waals surface area contributed by atoms with Crippen molar-refractivity contribution in [1.82, 2.24) is 9.36 Å². The van der Waals surface area contributed by atoms with E-state index in [1.54, 1.807) is 5.38 Å². The Morgan fingerprint density at radius 3 is 2.78 bits per heavy atom. The SMILES string of the molecule is Cc1nscc1C(=O)Nc1nc2cc3c(cc2s1)OCCCO3. The number of amides is 1. The fraction of sp³-hybridized carbons (Fsp3) is 0.267. The summed E-state index contributed by atoms with van der Waals surface area (Å²) in [6.45, 7) is 3.09. The van der Waals surface area contributed by atoms with Crippen LogP contribution in [0.1, 0.15) is 22.5 Å². The molecule has 1 amide bonds. The first-order valence-corrected chi connectivity index (χ1v) is 8.78. The summed E-state index contributed by atoms with van der Waals surface area (Å²) in [5, 5.41) is 5.12. The van der Waals surface area contributed by atoms with Crippen LogP contribution in [0.15, 0.2) is 17.5 Å². The molecule has 1 aromatic carbocycles. The number of benzene rings is 1. The molecule has 1 aliphatic rings. The third-order valence-corrected chi connectivity index (χ3v) is 5.13. The van der Waals surface area contributed by atoms with Crippen molar-refractivity contribution in [3.8, 4) is 11.5 Å². The zero-order valence-electron chi connectivity index (χ0n) is 12.3. The molecule has 0 saturated carbocycles. The third kappa shape index (κ3) is 2.75. The number of nitrogens with zero attached hydrogens (tertiary/aromatic N) is 2. The van der Waals surface area contributed by atoms with Crippen LogP contribution in [0.4, 0.5) is 5.13 Å². The van der Waals surface area contributed by atoms with Crippen molar-refractivity contribution in [2.75, 3.05) is 18.5 Å². The van der Waals surface area contributed by atoms with E-state index >= 15 is 0 Å². The number of hydrogen-bond acceptors (Lipinski definition) is 7. The highest BCUT2D eigenvalue weighted by molar-refractivity contribution is 7.22. The molecule has 0 saturated heterocycles. The summed E-state index contributed by atoms with van der Waals surface area (Å²) in [6.07, 6.45) is 0.866. The predicted molar refractivity (Wildman–Crippen MR) is 90.0 cm³/mol. The number of carbonyl (C=O) groups excluding carboxylic acids is 1. The zero-order chi connectivity index (χ0) is 15.8. The molecule has 23 heavy (non-hydrogen) atoms. The molecular weight excluding hydrogens is 334 g/mol. The molecule has 3 heterocycles. The second-order valence-corrected chi connectivity index (χ2v) is 6.76. The van der Waals surface area contributed by atoms with Gasteiger partial charge in [0.05, 0.1) is 34.7 Å². The van der Waals surface area contributed by atoms with Crippen LogP contribution in [-0.4, -0.2) is 28.5 Å². The average molecular weight is 347 g/mol.